The van der Waals surface area contributed by atoms with Crippen molar-refractivity contribution < 1.29 is 13.5 Å². The molecule has 0 aliphatic rings. The Morgan fingerprint density at radius 1 is 1.06 bits per heavy atom. The molecule has 18 heavy (non-hydrogen) atoms. The molecule has 0 radical (unpaired) electrons. The Labute approximate surface area is 108 Å². The third-order valence-corrected chi connectivity index (χ3v) is 2.54. The molecule has 0 saturated carbocycles. The van der Waals surface area contributed by atoms with E-state index in [1.807, 2.05) is 0 Å². The van der Waals surface area contributed by atoms with E-state index in [1.54, 1.807) is 18.2 Å². The lowest BCUT2D eigenvalue weighted by molar-refractivity contribution is 0.463. The van der Waals surface area contributed by atoms with Gasteiger partial charge in [-0.15, -0.1) is 0 Å². The molecule has 0 heterocycles. The quantitative estimate of drug-likeness (QED) is 0.918. The minimum atomic E-state index is -0.701. The van der Waals surface area contributed by atoms with Gasteiger partial charge in [0, 0.05) is 35.3 Å². The molecule has 2 aromatic carbocycles. The summed E-state index contributed by atoms with van der Waals surface area (Å²) in [5, 5.41) is 0.522. The summed E-state index contributed by atoms with van der Waals surface area (Å²) in [4.78, 5) is 0. The van der Waals surface area contributed by atoms with Crippen LogP contribution in [0.25, 0.3) is 0 Å². The van der Waals surface area contributed by atoms with Gasteiger partial charge in [-0.2, -0.15) is 0 Å². The Morgan fingerprint density at radius 3 is 2.33 bits per heavy atom. The molecule has 0 aromatic heterocycles. The van der Waals surface area contributed by atoms with E-state index in [0.29, 0.717) is 16.3 Å². The molecule has 0 bridgehead atoms. The van der Waals surface area contributed by atoms with Gasteiger partial charge < -0.3 is 10.5 Å². The third-order valence-electron chi connectivity index (χ3n) is 2.31. The van der Waals surface area contributed by atoms with E-state index in [-0.39, 0.29) is 12.3 Å². The Bertz CT molecular complexity index is 555. The Kier molecular flexibility index (Phi) is 3.79. The standard InChI is InChI=1S/C13H10ClF2NO/c14-9-1-2-13(8(3-9)7-17)18-12-5-10(15)4-11(16)6-12/h1-6H,7,17H2. The summed E-state index contributed by atoms with van der Waals surface area (Å²) in [6, 6.07) is 7.83. The topological polar surface area (TPSA) is 35.2 Å². The summed E-state index contributed by atoms with van der Waals surface area (Å²) in [5.74, 6) is -0.905. The first-order chi connectivity index (χ1) is 8.58. The van der Waals surface area contributed by atoms with E-state index in [9.17, 15) is 8.78 Å². The van der Waals surface area contributed by atoms with Crippen LogP contribution in [0, 0.1) is 11.6 Å². The van der Waals surface area contributed by atoms with Crippen LogP contribution in [0.5, 0.6) is 11.5 Å². The zero-order valence-electron chi connectivity index (χ0n) is 9.29. The van der Waals surface area contributed by atoms with Crippen LogP contribution in [-0.2, 0) is 6.54 Å². The highest BCUT2D eigenvalue weighted by Gasteiger charge is 2.07. The van der Waals surface area contributed by atoms with E-state index >= 15 is 0 Å². The number of nitrogens with two attached hydrogens (primary N) is 1. The second kappa shape index (κ2) is 5.33. The van der Waals surface area contributed by atoms with Crippen LogP contribution in [0.2, 0.25) is 5.02 Å². The molecule has 2 aromatic rings. The second-order valence-electron chi connectivity index (χ2n) is 3.66. The van der Waals surface area contributed by atoms with Crippen molar-refractivity contribution in [1.29, 1.82) is 0 Å². The minimum absolute atomic E-state index is 0.0736. The normalized spacial score (nSPS) is 10.4. The van der Waals surface area contributed by atoms with Crippen LogP contribution in [0.1, 0.15) is 5.56 Å². The van der Waals surface area contributed by atoms with Crippen molar-refractivity contribution >= 4 is 11.6 Å². The Hall–Kier alpha value is -1.65. The SMILES string of the molecule is NCc1cc(Cl)ccc1Oc1cc(F)cc(F)c1. The number of hydrogen-bond donors (Lipinski definition) is 1. The second-order valence-corrected chi connectivity index (χ2v) is 4.10. The van der Waals surface area contributed by atoms with Crippen LogP contribution in [0.4, 0.5) is 8.78 Å². The van der Waals surface area contributed by atoms with Crippen LogP contribution >= 0.6 is 11.6 Å². The number of benzene rings is 2. The first-order valence-electron chi connectivity index (χ1n) is 5.21. The average molecular weight is 270 g/mol. The third kappa shape index (κ3) is 2.97. The highest BCUT2D eigenvalue weighted by Crippen LogP contribution is 2.28. The van der Waals surface area contributed by atoms with Gasteiger partial charge in [-0.3, -0.25) is 0 Å². The maximum Gasteiger partial charge on any atom is 0.133 e. The van der Waals surface area contributed by atoms with Crippen molar-refractivity contribution in [1.82, 2.24) is 0 Å². The molecule has 0 saturated heterocycles. The summed E-state index contributed by atoms with van der Waals surface area (Å²) in [5.41, 5.74) is 6.21. The van der Waals surface area contributed by atoms with Gasteiger partial charge in [-0.1, -0.05) is 11.6 Å². The number of rotatable bonds is 3. The molecule has 0 spiro atoms. The summed E-state index contributed by atoms with van der Waals surface area (Å²) < 4.78 is 31.4. The predicted octanol–water partition coefficient (Wildman–Crippen LogP) is 3.87. The van der Waals surface area contributed by atoms with Crippen molar-refractivity contribution in [3.05, 3.63) is 58.6 Å². The molecule has 5 heteroatoms. The molecule has 2 N–H and O–H groups in total. The highest BCUT2D eigenvalue weighted by molar-refractivity contribution is 6.30. The fourth-order valence-corrected chi connectivity index (χ4v) is 1.72. The largest absolute Gasteiger partial charge is 0.457 e. The van der Waals surface area contributed by atoms with Crippen molar-refractivity contribution in [2.24, 2.45) is 5.73 Å². The molecule has 0 aliphatic heterocycles. The fourth-order valence-electron chi connectivity index (χ4n) is 1.52. The maximum absolute atomic E-state index is 13.0. The van der Waals surface area contributed by atoms with Gasteiger partial charge in [-0.05, 0) is 18.2 Å². The van der Waals surface area contributed by atoms with Crippen molar-refractivity contribution in [3.63, 3.8) is 0 Å². The van der Waals surface area contributed by atoms with Crippen LogP contribution in [0.3, 0.4) is 0 Å². The van der Waals surface area contributed by atoms with Crippen LogP contribution in [0.15, 0.2) is 36.4 Å². The Morgan fingerprint density at radius 2 is 1.72 bits per heavy atom. The van der Waals surface area contributed by atoms with E-state index < -0.39 is 11.6 Å². The van der Waals surface area contributed by atoms with Crippen LogP contribution < -0.4 is 10.5 Å². The predicted molar refractivity (Wildman–Crippen MR) is 65.8 cm³/mol. The molecule has 0 amide bonds. The average Bonchev–Trinajstić information content (AvgIpc) is 2.30. The molecule has 0 atom stereocenters. The van der Waals surface area contributed by atoms with E-state index in [2.05, 4.69) is 0 Å². The molecule has 2 nitrogen and oxygen atoms in total. The van der Waals surface area contributed by atoms with Crippen LogP contribution in [-0.4, -0.2) is 0 Å². The zero-order valence-corrected chi connectivity index (χ0v) is 10.0. The van der Waals surface area contributed by atoms with Crippen molar-refractivity contribution in [2.75, 3.05) is 0 Å². The summed E-state index contributed by atoms with van der Waals surface area (Å²) in [6.07, 6.45) is 0. The van der Waals surface area contributed by atoms with Gasteiger partial charge in [0.25, 0.3) is 0 Å². The maximum atomic E-state index is 13.0. The van der Waals surface area contributed by atoms with E-state index in [4.69, 9.17) is 22.1 Å². The molecular weight excluding hydrogens is 260 g/mol. The molecule has 94 valence electrons. The summed E-state index contributed by atoms with van der Waals surface area (Å²) in [6.45, 7) is 0.216. The fraction of sp³-hybridized carbons (Fsp3) is 0.0769. The van der Waals surface area contributed by atoms with Gasteiger partial charge >= 0.3 is 0 Å². The van der Waals surface area contributed by atoms with Crippen molar-refractivity contribution in [2.45, 2.75) is 6.54 Å². The van der Waals surface area contributed by atoms with E-state index in [1.165, 1.54) is 0 Å². The van der Waals surface area contributed by atoms with Gasteiger partial charge in [-0.25, -0.2) is 8.78 Å². The summed E-state index contributed by atoms with van der Waals surface area (Å²) >= 11 is 5.82. The smallest absolute Gasteiger partial charge is 0.133 e. The molecule has 2 rings (SSSR count). The van der Waals surface area contributed by atoms with Gasteiger partial charge in [0.1, 0.15) is 23.1 Å². The first-order valence-corrected chi connectivity index (χ1v) is 5.59. The molecule has 0 aliphatic carbocycles. The molecule has 0 unspecified atom stereocenters. The van der Waals surface area contributed by atoms with Gasteiger partial charge in [0.05, 0.1) is 0 Å². The zero-order chi connectivity index (χ0) is 13.1. The number of hydrogen-bond acceptors (Lipinski definition) is 2. The van der Waals surface area contributed by atoms with Gasteiger partial charge in [0.15, 0.2) is 0 Å². The van der Waals surface area contributed by atoms with Gasteiger partial charge in [0.2, 0.25) is 0 Å². The van der Waals surface area contributed by atoms with Crippen molar-refractivity contribution in [3.8, 4) is 11.5 Å². The summed E-state index contributed by atoms with van der Waals surface area (Å²) in [7, 11) is 0. The lowest BCUT2D eigenvalue weighted by atomic mass is 10.2. The lowest BCUT2D eigenvalue weighted by Crippen LogP contribution is -1.99. The first kappa shape index (κ1) is 12.8. The van der Waals surface area contributed by atoms with E-state index in [0.717, 1.165) is 18.2 Å². The number of ether oxygens (including phenoxy) is 1. The number of halogens is 3. The highest BCUT2D eigenvalue weighted by atomic mass is 35.5. The monoisotopic (exact) mass is 269 g/mol. The Balaban J connectivity index is 2.33. The molecular formula is C13H10ClF2NO. The minimum Gasteiger partial charge on any atom is -0.457 e. The molecule has 0 fully saturated rings. The lowest BCUT2D eigenvalue weighted by Gasteiger charge is -2.10.